The maximum atomic E-state index is 12.8. The smallest absolute Gasteiger partial charge is 0.256 e. The molecule has 94 valence electrons. The Hall–Kier alpha value is -2.76. The molecule has 0 bridgehead atoms. The third-order valence-corrected chi connectivity index (χ3v) is 2.64. The number of benzene rings is 1. The predicted octanol–water partition coefficient (Wildman–Crippen LogP) is 2.12. The number of hydrogen-bond acceptors (Lipinski definition) is 3. The average Bonchev–Trinajstić information content (AvgIpc) is 2.89. The first-order chi connectivity index (χ1) is 9.24. The van der Waals surface area contributed by atoms with Crippen molar-refractivity contribution in [3.05, 3.63) is 60.2 Å². The Bertz CT molecular complexity index is 736. The lowest BCUT2D eigenvalue weighted by atomic mass is 10.2. The molecule has 1 N–H and O–H groups in total. The summed E-state index contributed by atoms with van der Waals surface area (Å²) in [5.74, 6) is -0.206. The highest BCUT2D eigenvalue weighted by atomic mass is 19.1. The number of fused-ring (bicyclic) bond motifs is 1. The van der Waals surface area contributed by atoms with Crippen molar-refractivity contribution >= 4 is 17.4 Å². The van der Waals surface area contributed by atoms with Crippen molar-refractivity contribution in [1.82, 2.24) is 14.6 Å². The Morgan fingerprint density at radius 3 is 2.68 bits per heavy atom. The van der Waals surface area contributed by atoms with Crippen molar-refractivity contribution in [2.75, 3.05) is 5.32 Å². The van der Waals surface area contributed by atoms with E-state index in [0.717, 1.165) is 0 Å². The molecule has 5 nitrogen and oxygen atoms in total. The Morgan fingerprint density at radius 2 is 1.89 bits per heavy atom. The summed E-state index contributed by atoms with van der Waals surface area (Å²) >= 11 is 0. The number of rotatable bonds is 2. The Morgan fingerprint density at radius 1 is 1.11 bits per heavy atom. The standard InChI is InChI=1S/C13H9FN4O/c14-10-3-1-9(2-4-10)13(19)17-12-5-7-15-11-6-8-16-18(11)12/h1-8H,(H,17,19). The highest BCUT2D eigenvalue weighted by molar-refractivity contribution is 6.03. The summed E-state index contributed by atoms with van der Waals surface area (Å²) in [4.78, 5) is 16.1. The number of carbonyl (C=O) groups excluding carboxylic acids is 1. The molecule has 2 heterocycles. The Labute approximate surface area is 107 Å². The van der Waals surface area contributed by atoms with Gasteiger partial charge >= 0.3 is 0 Å². The molecule has 0 saturated carbocycles. The summed E-state index contributed by atoms with van der Waals surface area (Å²) in [5.41, 5.74) is 1.01. The lowest BCUT2D eigenvalue weighted by Crippen LogP contribution is -2.14. The van der Waals surface area contributed by atoms with Gasteiger partial charge in [-0.1, -0.05) is 0 Å². The molecule has 1 amide bonds. The van der Waals surface area contributed by atoms with E-state index in [1.165, 1.54) is 28.8 Å². The van der Waals surface area contributed by atoms with E-state index in [4.69, 9.17) is 0 Å². The van der Waals surface area contributed by atoms with Crippen molar-refractivity contribution in [3.63, 3.8) is 0 Å². The van der Waals surface area contributed by atoms with E-state index in [1.54, 1.807) is 24.5 Å². The molecular weight excluding hydrogens is 247 g/mol. The molecule has 0 fully saturated rings. The normalized spacial score (nSPS) is 10.6. The lowest BCUT2D eigenvalue weighted by Gasteiger charge is -2.06. The van der Waals surface area contributed by atoms with Crippen LogP contribution in [0.2, 0.25) is 0 Å². The zero-order valence-electron chi connectivity index (χ0n) is 9.75. The van der Waals surface area contributed by atoms with E-state index >= 15 is 0 Å². The molecule has 0 radical (unpaired) electrons. The number of anilines is 1. The molecule has 3 aromatic rings. The van der Waals surface area contributed by atoms with Gasteiger partial charge in [0.15, 0.2) is 5.65 Å². The number of halogens is 1. The summed E-state index contributed by atoms with van der Waals surface area (Å²) in [6.45, 7) is 0. The fraction of sp³-hybridized carbons (Fsp3) is 0. The van der Waals surface area contributed by atoms with Crippen LogP contribution in [0.1, 0.15) is 10.4 Å². The lowest BCUT2D eigenvalue weighted by molar-refractivity contribution is 0.102. The minimum absolute atomic E-state index is 0.331. The van der Waals surface area contributed by atoms with Gasteiger partial charge in [0, 0.05) is 17.8 Å². The molecule has 3 rings (SSSR count). The molecule has 1 aromatic carbocycles. The average molecular weight is 256 g/mol. The van der Waals surface area contributed by atoms with Gasteiger partial charge in [-0.05, 0) is 30.3 Å². The number of amides is 1. The van der Waals surface area contributed by atoms with Gasteiger partial charge in [-0.25, -0.2) is 9.37 Å². The summed E-state index contributed by atoms with van der Waals surface area (Å²) in [7, 11) is 0. The molecule has 0 spiro atoms. The SMILES string of the molecule is O=C(Nc1ccnc2ccnn12)c1ccc(F)cc1. The number of hydrogen-bond donors (Lipinski definition) is 1. The maximum absolute atomic E-state index is 12.8. The van der Waals surface area contributed by atoms with E-state index in [9.17, 15) is 9.18 Å². The van der Waals surface area contributed by atoms with Crippen molar-refractivity contribution in [1.29, 1.82) is 0 Å². The first-order valence-electron chi connectivity index (χ1n) is 5.60. The van der Waals surface area contributed by atoms with E-state index in [0.29, 0.717) is 17.0 Å². The molecule has 2 aromatic heterocycles. The maximum Gasteiger partial charge on any atom is 0.256 e. The first-order valence-corrected chi connectivity index (χ1v) is 5.60. The molecule has 0 atom stereocenters. The highest BCUT2D eigenvalue weighted by Crippen LogP contribution is 2.11. The van der Waals surface area contributed by atoms with E-state index in [-0.39, 0.29) is 11.7 Å². The number of carbonyl (C=O) groups is 1. The van der Waals surface area contributed by atoms with Crippen molar-refractivity contribution in [2.24, 2.45) is 0 Å². The molecule has 0 aliphatic carbocycles. The van der Waals surface area contributed by atoms with Gasteiger partial charge in [0.05, 0.1) is 6.20 Å². The van der Waals surface area contributed by atoms with Crippen LogP contribution in [0.15, 0.2) is 48.8 Å². The van der Waals surface area contributed by atoms with E-state index in [2.05, 4.69) is 15.4 Å². The predicted molar refractivity (Wildman–Crippen MR) is 67.3 cm³/mol. The van der Waals surface area contributed by atoms with Crippen LogP contribution in [0.25, 0.3) is 5.65 Å². The summed E-state index contributed by atoms with van der Waals surface area (Å²) in [6, 6.07) is 8.70. The number of aromatic nitrogens is 3. The van der Waals surface area contributed by atoms with Crippen molar-refractivity contribution < 1.29 is 9.18 Å². The molecular formula is C13H9FN4O. The van der Waals surface area contributed by atoms with Crippen LogP contribution in [0, 0.1) is 5.82 Å². The van der Waals surface area contributed by atoms with Gasteiger partial charge in [0.1, 0.15) is 11.6 Å². The fourth-order valence-corrected chi connectivity index (χ4v) is 1.72. The van der Waals surface area contributed by atoms with Crippen LogP contribution in [-0.2, 0) is 0 Å². The van der Waals surface area contributed by atoms with Crippen LogP contribution in [0.5, 0.6) is 0 Å². The van der Waals surface area contributed by atoms with E-state index < -0.39 is 0 Å². The summed E-state index contributed by atoms with van der Waals surface area (Å²) < 4.78 is 14.3. The summed E-state index contributed by atoms with van der Waals surface area (Å²) in [5, 5.41) is 6.76. The van der Waals surface area contributed by atoms with Gasteiger partial charge in [0.2, 0.25) is 0 Å². The molecule has 0 aliphatic heterocycles. The number of nitrogens with one attached hydrogen (secondary N) is 1. The van der Waals surface area contributed by atoms with Crippen LogP contribution in [0.4, 0.5) is 10.2 Å². The monoisotopic (exact) mass is 256 g/mol. The third-order valence-electron chi connectivity index (χ3n) is 2.64. The van der Waals surface area contributed by atoms with Crippen LogP contribution >= 0.6 is 0 Å². The van der Waals surface area contributed by atoms with Crippen molar-refractivity contribution in [3.8, 4) is 0 Å². The Balaban J connectivity index is 1.90. The molecule has 6 heteroatoms. The van der Waals surface area contributed by atoms with Gasteiger partial charge < -0.3 is 5.32 Å². The van der Waals surface area contributed by atoms with Crippen LogP contribution < -0.4 is 5.32 Å². The zero-order valence-corrected chi connectivity index (χ0v) is 9.75. The minimum atomic E-state index is -0.380. The minimum Gasteiger partial charge on any atom is -0.306 e. The van der Waals surface area contributed by atoms with Gasteiger partial charge in [-0.15, -0.1) is 0 Å². The third kappa shape index (κ3) is 2.15. The largest absolute Gasteiger partial charge is 0.306 e. The van der Waals surface area contributed by atoms with Crippen LogP contribution in [-0.4, -0.2) is 20.5 Å². The Kier molecular flexibility index (Phi) is 2.68. The quantitative estimate of drug-likeness (QED) is 0.764. The second kappa shape index (κ2) is 4.49. The van der Waals surface area contributed by atoms with Gasteiger partial charge in [0.25, 0.3) is 5.91 Å². The van der Waals surface area contributed by atoms with E-state index in [1.807, 2.05) is 0 Å². The van der Waals surface area contributed by atoms with Gasteiger partial charge in [-0.3, -0.25) is 4.79 Å². The topological polar surface area (TPSA) is 59.3 Å². The zero-order chi connectivity index (χ0) is 13.2. The molecule has 0 saturated heterocycles. The molecule has 0 unspecified atom stereocenters. The molecule has 0 aliphatic rings. The fourth-order valence-electron chi connectivity index (χ4n) is 1.72. The summed E-state index contributed by atoms with van der Waals surface area (Å²) in [6.07, 6.45) is 3.17. The first kappa shape index (κ1) is 11.3. The molecule has 19 heavy (non-hydrogen) atoms. The van der Waals surface area contributed by atoms with Gasteiger partial charge in [-0.2, -0.15) is 9.61 Å². The van der Waals surface area contributed by atoms with Crippen LogP contribution in [0.3, 0.4) is 0 Å². The number of nitrogens with zero attached hydrogens (tertiary/aromatic N) is 3. The second-order valence-corrected chi connectivity index (χ2v) is 3.89. The highest BCUT2D eigenvalue weighted by Gasteiger charge is 2.09. The van der Waals surface area contributed by atoms with Crippen molar-refractivity contribution in [2.45, 2.75) is 0 Å². The second-order valence-electron chi connectivity index (χ2n) is 3.89.